The summed E-state index contributed by atoms with van der Waals surface area (Å²) in [7, 11) is 4.76. The molecule has 8 heteroatoms. The van der Waals surface area contributed by atoms with E-state index in [9.17, 15) is 9.90 Å². The summed E-state index contributed by atoms with van der Waals surface area (Å²) >= 11 is 0. The number of carbonyl (C=O) groups is 1. The number of nitrogens with zero attached hydrogens (tertiary/aromatic N) is 3. The highest BCUT2D eigenvalue weighted by molar-refractivity contribution is 5.97. The first-order valence-corrected chi connectivity index (χ1v) is 8.73. The number of imidazole rings is 1. The lowest BCUT2D eigenvalue weighted by molar-refractivity contribution is 0.0600. The Labute approximate surface area is 160 Å². The molecular formula is C20H20N4O4. The van der Waals surface area contributed by atoms with Crippen molar-refractivity contribution in [3.8, 4) is 17.3 Å². The molecule has 144 valence electrons. The van der Waals surface area contributed by atoms with Crippen LogP contribution in [0.5, 0.6) is 5.75 Å². The van der Waals surface area contributed by atoms with E-state index in [0.29, 0.717) is 34.0 Å². The lowest BCUT2D eigenvalue weighted by Crippen LogP contribution is -2.02. The van der Waals surface area contributed by atoms with E-state index in [4.69, 9.17) is 9.47 Å². The van der Waals surface area contributed by atoms with Crippen LogP contribution in [0.2, 0.25) is 0 Å². The lowest BCUT2D eigenvalue weighted by atomic mass is 10.2. The van der Waals surface area contributed by atoms with Gasteiger partial charge in [-0.25, -0.2) is 14.8 Å². The fourth-order valence-electron chi connectivity index (χ4n) is 3.32. The van der Waals surface area contributed by atoms with Gasteiger partial charge < -0.3 is 24.1 Å². The molecule has 0 saturated heterocycles. The second-order valence-electron chi connectivity index (χ2n) is 6.57. The van der Waals surface area contributed by atoms with Gasteiger partial charge in [0.25, 0.3) is 0 Å². The number of methoxy groups -OCH3 is 2. The van der Waals surface area contributed by atoms with Crippen LogP contribution in [0.3, 0.4) is 0 Å². The average Bonchev–Trinajstić information content (AvgIpc) is 3.26. The third-order valence-electron chi connectivity index (χ3n) is 4.75. The van der Waals surface area contributed by atoms with Crippen molar-refractivity contribution < 1.29 is 19.4 Å². The van der Waals surface area contributed by atoms with Gasteiger partial charge >= 0.3 is 5.97 Å². The second kappa shape index (κ2) is 6.65. The molecule has 8 nitrogen and oxygen atoms in total. The van der Waals surface area contributed by atoms with Crippen molar-refractivity contribution in [2.45, 2.75) is 13.0 Å². The zero-order chi connectivity index (χ0) is 20.0. The SMILES string of the molecule is COC(=O)c1cc(OC)c2c(c1)nc(-c1cc3ccc(C(C)O)nc3[nH]1)n2C. The Kier molecular flexibility index (Phi) is 4.27. The summed E-state index contributed by atoms with van der Waals surface area (Å²) in [4.78, 5) is 24.3. The first-order chi connectivity index (χ1) is 13.4. The van der Waals surface area contributed by atoms with E-state index in [1.165, 1.54) is 7.11 Å². The number of benzene rings is 1. The molecule has 1 unspecified atom stereocenters. The number of ether oxygens (including phenoxy) is 2. The standard InChI is InChI=1S/C20H20N4O4/c1-10(25)13-6-5-11-7-15(22-18(11)21-13)19-23-14-8-12(20(26)28-4)9-16(27-3)17(14)24(19)2/h5-10,25H,1-4H3,(H,21,22). The molecule has 28 heavy (non-hydrogen) atoms. The van der Waals surface area contributed by atoms with Gasteiger partial charge in [0.15, 0.2) is 5.82 Å². The Hall–Kier alpha value is -3.39. The zero-order valence-electron chi connectivity index (χ0n) is 16.0. The topological polar surface area (TPSA) is 102 Å². The molecule has 3 heterocycles. The van der Waals surface area contributed by atoms with E-state index < -0.39 is 12.1 Å². The minimum atomic E-state index is -0.645. The van der Waals surface area contributed by atoms with Crippen LogP contribution < -0.4 is 4.74 Å². The molecule has 0 saturated carbocycles. The molecule has 0 aliphatic carbocycles. The molecule has 0 radical (unpaired) electrons. The first kappa shape index (κ1) is 18.0. The molecule has 4 rings (SSSR count). The Morgan fingerprint density at radius 1 is 1.21 bits per heavy atom. The number of aryl methyl sites for hydroxylation is 1. The Bertz CT molecular complexity index is 1210. The van der Waals surface area contributed by atoms with Crippen LogP contribution in [0.1, 0.15) is 29.1 Å². The van der Waals surface area contributed by atoms with Gasteiger partial charge in [-0.2, -0.15) is 0 Å². The smallest absolute Gasteiger partial charge is 0.338 e. The Morgan fingerprint density at radius 3 is 2.68 bits per heavy atom. The number of hydrogen-bond acceptors (Lipinski definition) is 6. The minimum absolute atomic E-state index is 0.372. The molecule has 0 aliphatic heterocycles. The number of rotatable bonds is 4. The summed E-state index contributed by atoms with van der Waals surface area (Å²) in [6, 6.07) is 8.97. The molecular weight excluding hydrogens is 360 g/mol. The maximum Gasteiger partial charge on any atom is 0.338 e. The van der Waals surface area contributed by atoms with Gasteiger partial charge in [-0.3, -0.25) is 0 Å². The summed E-state index contributed by atoms with van der Waals surface area (Å²) in [6.45, 7) is 1.68. The van der Waals surface area contributed by atoms with E-state index in [1.54, 1.807) is 32.2 Å². The fraction of sp³-hybridized carbons (Fsp3) is 0.250. The van der Waals surface area contributed by atoms with Crippen molar-refractivity contribution in [3.63, 3.8) is 0 Å². The van der Waals surface area contributed by atoms with Crippen LogP contribution in [0.25, 0.3) is 33.6 Å². The Balaban J connectivity index is 1.90. The van der Waals surface area contributed by atoms with Crippen LogP contribution in [-0.4, -0.2) is 44.8 Å². The van der Waals surface area contributed by atoms with Crippen LogP contribution in [-0.2, 0) is 11.8 Å². The summed E-state index contributed by atoms with van der Waals surface area (Å²) in [5, 5.41) is 10.7. The number of aliphatic hydroxyl groups is 1. The molecule has 0 spiro atoms. The second-order valence-corrected chi connectivity index (χ2v) is 6.57. The number of aromatic amines is 1. The normalized spacial score (nSPS) is 12.5. The van der Waals surface area contributed by atoms with Gasteiger partial charge in [0.1, 0.15) is 16.9 Å². The van der Waals surface area contributed by atoms with Crippen molar-refractivity contribution in [3.05, 3.63) is 41.6 Å². The first-order valence-electron chi connectivity index (χ1n) is 8.73. The maximum absolute atomic E-state index is 11.9. The van der Waals surface area contributed by atoms with Crippen molar-refractivity contribution >= 4 is 28.0 Å². The van der Waals surface area contributed by atoms with Crippen molar-refractivity contribution in [2.75, 3.05) is 14.2 Å². The third-order valence-corrected chi connectivity index (χ3v) is 4.75. The van der Waals surface area contributed by atoms with E-state index in [-0.39, 0.29) is 0 Å². The molecule has 1 aromatic carbocycles. The quantitative estimate of drug-likeness (QED) is 0.528. The van der Waals surface area contributed by atoms with Gasteiger partial charge in [0.05, 0.1) is 42.8 Å². The number of nitrogens with one attached hydrogen (secondary N) is 1. The van der Waals surface area contributed by atoms with Gasteiger partial charge in [-0.1, -0.05) is 0 Å². The van der Waals surface area contributed by atoms with Gasteiger partial charge in [-0.15, -0.1) is 0 Å². The predicted molar refractivity (Wildman–Crippen MR) is 104 cm³/mol. The van der Waals surface area contributed by atoms with Crippen LogP contribution in [0, 0.1) is 0 Å². The number of pyridine rings is 1. The number of H-pyrrole nitrogens is 1. The largest absolute Gasteiger partial charge is 0.494 e. The van der Waals surface area contributed by atoms with Gasteiger partial charge in [-0.05, 0) is 37.3 Å². The molecule has 3 aromatic heterocycles. The number of carbonyl (C=O) groups excluding carboxylic acids is 1. The zero-order valence-corrected chi connectivity index (χ0v) is 16.0. The van der Waals surface area contributed by atoms with E-state index >= 15 is 0 Å². The summed E-state index contributed by atoms with van der Waals surface area (Å²) in [6.07, 6.45) is -0.645. The van der Waals surface area contributed by atoms with Crippen LogP contribution >= 0.6 is 0 Å². The summed E-state index contributed by atoms with van der Waals surface area (Å²) in [5.41, 5.74) is 3.79. The Morgan fingerprint density at radius 2 is 2.00 bits per heavy atom. The molecule has 4 aromatic rings. The molecule has 2 N–H and O–H groups in total. The highest BCUT2D eigenvalue weighted by Crippen LogP contribution is 2.32. The van der Waals surface area contributed by atoms with Crippen molar-refractivity contribution in [1.82, 2.24) is 19.5 Å². The number of aliphatic hydroxyl groups excluding tert-OH is 1. The third kappa shape index (κ3) is 2.78. The highest BCUT2D eigenvalue weighted by atomic mass is 16.5. The number of fused-ring (bicyclic) bond motifs is 2. The monoisotopic (exact) mass is 380 g/mol. The van der Waals surface area contributed by atoms with E-state index in [1.807, 2.05) is 23.7 Å². The summed E-state index contributed by atoms with van der Waals surface area (Å²) < 4.78 is 12.2. The molecule has 0 amide bonds. The van der Waals surface area contributed by atoms with Crippen molar-refractivity contribution in [1.29, 1.82) is 0 Å². The molecule has 0 bridgehead atoms. The molecule has 0 aliphatic rings. The van der Waals surface area contributed by atoms with E-state index in [2.05, 4.69) is 15.0 Å². The number of hydrogen-bond donors (Lipinski definition) is 2. The lowest BCUT2D eigenvalue weighted by Gasteiger charge is -2.07. The highest BCUT2D eigenvalue weighted by Gasteiger charge is 2.19. The number of aromatic nitrogens is 4. The number of esters is 1. The predicted octanol–water partition coefficient (Wildman–Crippen LogP) is 2.97. The van der Waals surface area contributed by atoms with Gasteiger partial charge in [0.2, 0.25) is 0 Å². The minimum Gasteiger partial charge on any atom is -0.494 e. The fourth-order valence-corrected chi connectivity index (χ4v) is 3.32. The molecule has 0 fully saturated rings. The molecule has 1 atom stereocenters. The van der Waals surface area contributed by atoms with Gasteiger partial charge in [0, 0.05) is 12.4 Å². The summed E-state index contributed by atoms with van der Waals surface area (Å²) in [5.74, 6) is 0.754. The van der Waals surface area contributed by atoms with Crippen LogP contribution in [0.15, 0.2) is 30.3 Å². The van der Waals surface area contributed by atoms with E-state index in [0.717, 1.165) is 16.6 Å². The average molecular weight is 380 g/mol. The van der Waals surface area contributed by atoms with Crippen molar-refractivity contribution in [2.24, 2.45) is 7.05 Å². The van der Waals surface area contributed by atoms with Crippen LogP contribution in [0.4, 0.5) is 0 Å². The maximum atomic E-state index is 11.9.